The number of nitrogens with one attached hydrogen (secondary N) is 1. The number of carboxylic acids is 1. The van der Waals surface area contributed by atoms with Gasteiger partial charge >= 0.3 is 5.97 Å². The molecule has 4 heteroatoms. The molecule has 0 aromatic heterocycles. The lowest BCUT2D eigenvalue weighted by Crippen LogP contribution is -2.37. The Bertz CT molecular complexity index is 201. The van der Waals surface area contributed by atoms with E-state index in [9.17, 15) is 4.79 Å². The van der Waals surface area contributed by atoms with Gasteiger partial charge in [0, 0.05) is 12.3 Å². The van der Waals surface area contributed by atoms with Crippen LogP contribution in [0.5, 0.6) is 0 Å². The number of carbonyl (C=O) groups is 1. The van der Waals surface area contributed by atoms with Crippen LogP contribution in [0, 0.1) is 12.3 Å². The van der Waals surface area contributed by atoms with Crippen LogP contribution in [0.1, 0.15) is 19.8 Å². The van der Waals surface area contributed by atoms with Crippen molar-refractivity contribution in [2.45, 2.75) is 25.8 Å². The Morgan fingerprint density at radius 2 is 2.43 bits per heavy atom. The van der Waals surface area contributed by atoms with E-state index in [4.69, 9.17) is 11.5 Å². The highest BCUT2D eigenvalue weighted by Crippen LogP contribution is 1.99. The minimum Gasteiger partial charge on any atom is -0.480 e. The summed E-state index contributed by atoms with van der Waals surface area (Å²) in [6.45, 7) is 2.67. The van der Waals surface area contributed by atoms with Gasteiger partial charge in [-0.1, -0.05) is 19.3 Å². The molecule has 0 heterocycles. The first-order valence-corrected chi connectivity index (χ1v) is 5.85. The quantitative estimate of drug-likeness (QED) is 0.472. The number of rotatable bonds is 8. The van der Waals surface area contributed by atoms with E-state index in [0.717, 1.165) is 12.2 Å². The fourth-order valence-corrected chi connectivity index (χ4v) is 1.56. The predicted octanol–water partition coefficient (Wildman–Crippen LogP) is 1.20. The largest absolute Gasteiger partial charge is 0.480 e. The van der Waals surface area contributed by atoms with Gasteiger partial charge in [0.05, 0.1) is 5.75 Å². The monoisotopic (exact) mass is 215 g/mol. The number of terminal acetylenes is 1. The van der Waals surface area contributed by atoms with Crippen LogP contribution in [0.4, 0.5) is 0 Å². The molecule has 0 bridgehead atoms. The molecule has 0 aliphatic heterocycles. The first-order chi connectivity index (χ1) is 6.72. The summed E-state index contributed by atoms with van der Waals surface area (Å²) >= 11 is 1.63. The van der Waals surface area contributed by atoms with Crippen LogP contribution < -0.4 is 5.32 Å². The molecule has 3 nitrogen and oxygen atoms in total. The molecular weight excluding hydrogens is 198 g/mol. The Hall–Kier alpha value is -0.660. The Kier molecular flexibility index (Phi) is 8.50. The van der Waals surface area contributed by atoms with Crippen LogP contribution in [0.15, 0.2) is 0 Å². The molecule has 1 atom stereocenters. The Morgan fingerprint density at radius 1 is 1.71 bits per heavy atom. The lowest BCUT2D eigenvalue weighted by atomic mass is 10.2. The number of thioether (sulfide) groups is 1. The molecule has 80 valence electrons. The number of hydrogen-bond donors (Lipinski definition) is 2. The third-order valence-corrected chi connectivity index (χ3v) is 2.56. The summed E-state index contributed by atoms with van der Waals surface area (Å²) in [5, 5.41) is 11.8. The third kappa shape index (κ3) is 6.81. The smallest absolute Gasteiger partial charge is 0.320 e. The summed E-state index contributed by atoms with van der Waals surface area (Å²) in [7, 11) is 0. The minimum atomic E-state index is -0.770. The van der Waals surface area contributed by atoms with E-state index in [2.05, 4.69) is 11.2 Å². The van der Waals surface area contributed by atoms with Gasteiger partial charge in [-0.3, -0.25) is 4.79 Å². The van der Waals surface area contributed by atoms with E-state index in [1.54, 1.807) is 11.8 Å². The van der Waals surface area contributed by atoms with Crippen molar-refractivity contribution in [3.8, 4) is 12.3 Å². The summed E-state index contributed by atoms with van der Waals surface area (Å²) in [5.41, 5.74) is 0. The molecule has 1 unspecified atom stereocenters. The second kappa shape index (κ2) is 8.92. The van der Waals surface area contributed by atoms with Crippen molar-refractivity contribution in [2.24, 2.45) is 0 Å². The van der Waals surface area contributed by atoms with Crippen LogP contribution in [0.25, 0.3) is 0 Å². The molecule has 0 aliphatic rings. The number of aliphatic carboxylic acids is 1. The van der Waals surface area contributed by atoms with E-state index >= 15 is 0 Å². The standard InChI is InChI=1S/C10H17NO2S/c1-3-5-9(10(12)13)11-6-8-14-7-4-2/h2,9,11H,3,5-8H2,1H3,(H,12,13). The molecular formula is C10H17NO2S. The zero-order valence-corrected chi connectivity index (χ0v) is 9.27. The summed E-state index contributed by atoms with van der Waals surface area (Å²) in [5.74, 6) is 3.30. The molecule has 0 saturated heterocycles. The Balaban J connectivity index is 3.52. The van der Waals surface area contributed by atoms with Gasteiger partial charge in [-0.15, -0.1) is 18.2 Å². The average molecular weight is 215 g/mol. The topological polar surface area (TPSA) is 49.3 Å². The van der Waals surface area contributed by atoms with Gasteiger partial charge in [-0.05, 0) is 6.42 Å². The lowest BCUT2D eigenvalue weighted by Gasteiger charge is -2.12. The molecule has 2 N–H and O–H groups in total. The molecule has 0 aromatic rings. The molecule has 0 fully saturated rings. The van der Waals surface area contributed by atoms with Crippen LogP contribution >= 0.6 is 11.8 Å². The van der Waals surface area contributed by atoms with E-state index in [1.807, 2.05) is 6.92 Å². The van der Waals surface area contributed by atoms with Crippen molar-refractivity contribution in [2.75, 3.05) is 18.1 Å². The van der Waals surface area contributed by atoms with Gasteiger partial charge < -0.3 is 10.4 Å². The van der Waals surface area contributed by atoms with Gasteiger partial charge in [-0.2, -0.15) is 0 Å². The van der Waals surface area contributed by atoms with Crippen molar-refractivity contribution >= 4 is 17.7 Å². The average Bonchev–Trinajstić information content (AvgIpc) is 2.15. The molecule has 0 aliphatic carbocycles. The molecule has 0 rings (SSSR count). The zero-order valence-electron chi connectivity index (χ0n) is 8.45. The maximum absolute atomic E-state index is 10.7. The highest BCUT2D eigenvalue weighted by atomic mass is 32.2. The van der Waals surface area contributed by atoms with Crippen molar-refractivity contribution < 1.29 is 9.90 Å². The second-order valence-electron chi connectivity index (χ2n) is 2.89. The highest BCUT2D eigenvalue weighted by molar-refractivity contribution is 7.99. The maximum Gasteiger partial charge on any atom is 0.320 e. The molecule has 0 saturated carbocycles. The van der Waals surface area contributed by atoms with Gasteiger partial charge in [-0.25, -0.2) is 0 Å². The van der Waals surface area contributed by atoms with Crippen molar-refractivity contribution in [1.29, 1.82) is 0 Å². The van der Waals surface area contributed by atoms with E-state index < -0.39 is 12.0 Å². The molecule has 14 heavy (non-hydrogen) atoms. The Labute approximate surface area is 89.7 Å². The maximum atomic E-state index is 10.7. The van der Waals surface area contributed by atoms with Crippen LogP contribution in [0.2, 0.25) is 0 Å². The summed E-state index contributed by atoms with van der Waals surface area (Å²) in [4.78, 5) is 10.7. The Morgan fingerprint density at radius 3 is 2.93 bits per heavy atom. The number of hydrogen-bond acceptors (Lipinski definition) is 3. The van der Waals surface area contributed by atoms with Gasteiger partial charge in [0.1, 0.15) is 6.04 Å². The third-order valence-electron chi connectivity index (χ3n) is 1.70. The van der Waals surface area contributed by atoms with E-state index in [0.29, 0.717) is 18.7 Å². The highest BCUT2D eigenvalue weighted by Gasteiger charge is 2.14. The minimum absolute atomic E-state index is 0.411. The van der Waals surface area contributed by atoms with Gasteiger partial charge in [0.2, 0.25) is 0 Å². The first kappa shape index (κ1) is 13.3. The lowest BCUT2D eigenvalue weighted by molar-refractivity contribution is -0.139. The van der Waals surface area contributed by atoms with Crippen LogP contribution in [0.3, 0.4) is 0 Å². The normalized spacial score (nSPS) is 12.0. The molecule has 0 amide bonds. The number of carboxylic acid groups (broad SMARTS) is 1. The van der Waals surface area contributed by atoms with Crippen molar-refractivity contribution in [3.63, 3.8) is 0 Å². The summed E-state index contributed by atoms with van der Waals surface area (Å²) < 4.78 is 0. The van der Waals surface area contributed by atoms with Gasteiger partial charge in [0.25, 0.3) is 0 Å². The fourth-order valence-electron chi connectivity index (χ4n) is 1.04. The first-order valence-electron chi connectivity index (χ1n) is 4.69. The molecule has 0 aromatic carbocycles. The SMILES string of the molecule is C#CCSCCNC(CCC)C(=O)O. The van der Waals surface area contributed by atoms with Gasteiger partial charge in [0.15, 0.2) is 0 Å². The summed E-state index contributed by atoms with van der Waals surface area (Å²) in [6.07, 6.45) is 6.63. The van der Waals surface area contributed by atoms with Crippen LogP contribution in [-0.4, -0.2) is 35.2 Å². The molecule has 0 radical (unpaired) electrons. The summed E-state index contributed by atoms with van der Waals surface area (Å²) in [6, 6.07) is -0.411. The zero-order chi connectivity index (χ0) is 10.8. The predicted molar refractivity (Wildman–Crippen MR) is 60.5 cm³/mol. The van der Waals surface area contributed by atoms with E-state index in [1.165, 1.54) is 0 Å². The fraction of sp³-hybridized carbons (Fsp3) is 0.700. The van der Waals surface area contributed by atoms with Crippen molar-refractivity contribution in [3.05, 3.63) is 0 Å². The molecule has 0 spiro atoms. The second-order valence-corrected chi connectivity index (χ2v) is 4.00. The van der Waals surface area contributed by atoms with Crippen LogP contribution in [-0.2, 0) is 4.79 Å². The van der Waals surface area contributed by atoms with E-state index in [-0.39, 0.29) is 0 Å². The van der Waals surface area contributed by atoms with Crippen molar-refractivity contribution in [1.82, 2.24) is 5.32 Å².